The van der Waals surface area contributed by atoms with Crippen molar-refractivity contribution in [2.75, 3.05) is 5.73 Å². The number of rotatable bonds is 1. The number of anilines is 1. The van der Waals surface area contributed by atoms with Gasteiger partial charge in [0.15, 0.2) is 0 Å². The molecule has 92 valence electrons. The highest BCUT2D eigenvalue weighted by atomic mass is 15.3. The average molecular weight is 231 g/mol. The Balaban J connectivity index is 1.79. The van der Waals surface area contributed by atoms with Gasteiger partial charge in [0.05, 0.1) is 11.4 Å². The van der Waals surface area contributed by atoms with Crippen LogP contribution in [0.3, 0.4) is 0 Å². The van der Waals surface area contributed by atoms with Crippen molar-refractivity contribution in [2.45, 2.75) is 43.9 Å². The maximum absolute atomic E-state index is 6.18. The first-order chi connectivity index (χ1) is 8.14. The van der Waals surface area contributed by atoms with Gasteiger partial charge < -0.3 is 5.73 Å². The van der Waals surface area contributed by atoms with E-state index in [2.05, 4.69) is 0 Å². The lowest BCUT2D eigenvalue weighted by Gasteiger charge is -2.56. The first kappa shape index (κ1) is 9.98. The topological polar surface area (TPSA) is 43.8 Å². The average Bonchev–Trinajstić information content (AvgIpc) is 2.56. The minimum absolute atomic E-state index is 0.347. The highest BCUT2D eigenvalue weighted by molar-refractivity contribution is 5.46. The molecule has 4 bridgehead atoms. The van der Waals surface area contributed by atoms with Gasteiger partial charge in [-0.15, -0.1) is 0 Å². The summed E-state index contributed by atoms with van der Waals surface area (Å²) in [6, 6.07) is 0. The third kappa shape index (κ3) is 1.31. The quantitative estimate of drug-likeness (QED) is 0.807. The predicted molar refractivity (Wildman–Crippen MR) is 67.5 cm³/mol. The fourth-order valence-corrected chi connectivity index (χ4v) is 5.32. The summed E-state index contributed by atoms with van der Waals surface area (Å²) in [4.78, 5) is 0. The van der Waals surface area contributed by atoms with Crippen LogP contribution in [0.15, 0.2) is 6.20 Å². The normalized spacial score (nSPS) is 43.2. The largest absolute Gasteiger partial charge is 0.396 e. The third-order valence-corrected chi connectivity index (χ3v) is 5.40. The van der Waals surface area contributed by atoms with E-state index < -0.39 is 0 Å². The van der Waals surface area contributed by atoms with E-state index >= 15 is 0 Å². The second-order valence-electron chi connectivity index (χ2n) is 6.80. The Hall–Kier alpha value is -0.990. The summed E-state index contributed by atoms with van der Waals surface area (Å²) < 4.78 is 1.89. The molecule has 4 aliphatic rings. The SMILES string of the molecule is Cn1cc(N)c(C23CC4CC(CC(C4)C2)C3)n1. The molecule has 3 nitrogen and oxygen atoms in total. The number of hydrogen-bond donors (Lipinski definition) is 1. The molecule has 1 aromatic heterocycles. The Labute approximate surface area is 102 Å². The molecule has 0 radical (unpaired) electrons. The number of nitrogens with two attached hydrogens (primary N) is 1. The highest BCUT2D eigenvalue weighted by Gasteiger charge is 2.53. The molecule has 0 saturated heterocycles. The Morgan fingerprint density at radius 2 is 1.71 bits per heavy atom. The van der Waals surface area contributed by atoms with Crippen LogP contribution in [0.2, 0.25) is 0 Å². The summed E-state index contributed by atoms with van der Waals surface area (Å²) in [6.45, 7) is 0. The Kier molecular flexibility index (Phi) is 1.80. The number of aromatic nitrogens is 2. The van der Waals surface area contributed by atoms with Crippen LogP contribution in [0.1, 0.15) is 44.2 Å². The van der Waals surface area contributed by atoms with Crippen molar-refractivity contribution in [3.63, 3.8) is 0 Å². The van der Waals surface area contributed by atoms with Crippen LogP contribution in [0.4, 0.5) is 5.69 Å². The van der Waals surface area contributed by atoms with Crippen molar-refractivity contribution < 1.29 is 0 Å². The molecule has 5 rings (SSSR count). The van der Waals surface area contributed by atoms with Crippen molar-refractivity contribution in [3.05, 3.63) is 11.9 Å². The zero-order chi connectivity index (χ0) is 11.6. The molecular weight excluding hydrogens is 210 g/mol. The van der Waals surface area contributed by atoms with Crippen LogP contribution >= 0.6 is 0 Å². The maximum atomic E-state index is 6.18. The van der Waals surface area contributed by atoms with Gasteiger partial charge in [-0.1, -0.05) is 0 Å². The zero-order valence-corrected chi connectivity index (χ0v) is 10.5. The predicted octanol–water partition coefficient (Wildman–Crippen LogP) is 2.47. The molecule has 0 amide bonds. The summed E-state index contributed by atoms with van der Waals surface area (Å²) in [5, 5.41) is 4.69. The summed E-state index contributed by atoms with van der Waals surface area (Å²) in [5.74, 6) is 2.88. The van der Waals surface area contributed by atoms with Crippen molar-refractivity contribution >= 4 is 5.69 Å². The Morgan fingerprint density at radius 3 is 2.12 bits per heavy atom. The lowest BCUT2D eigenvalue weighted by Crippen LogP contribution is -2.49. The van der Waals surface area contributed by atoms with Crippen LogP contribution < -0.4 is 5.73 Å². The second kappa shape index (κ2) is 3.06. The van der Waals surface area contributed by atoms with Gasteiger partial charge in [-0.3, -0.25) is 4.68 Å². The van der Waals surface area contributed by atoms with Crippen LogP contribution in [-0.2, 0) is 12.5 Å². The van der Waals surface area contributed by atoms with Crippen LogP contribution in [0.25, 0.3) is 0 Å². The fraction of sp³-hybridized carbons (Fsp3) is 0.786. The Morgan fingerprint density at radius 1 is 1.18 bits per heavy atom. The second-order valence-corrected chi connectivity index (χ2v) is 6.80. The number of nitrogens with zero attached hydrogens (tertiary/aromatic N) is 2. The lowest BCUT2D eigenvalue weighted by atomic mass is 9.48. The van der Waals surface area contributed by atoms with Gasteiger partial charge in [-0.25, -0.2) is 0 Å². The van der Waals surface area contributed by atoms with Crippen molar-refractivity contribution in [3.8, 4) is 0 Å². The summed E-state index contributed by atoms with van der Waals surface area (Å²) in [7, 11) is 1.99. The fourth-order valence-electron chi connectivity index (χ4n) is 5.32. The number of aryl methyl sites for hydroxylation is 1. The van der Waals surface area contributed by atoms with Crippen molar-refractivity contribution in [1.29, 1.82) is 0 Å². The molecule has 2 N–H and O–H groups in total. The third-order valence-electron chi connectivity index (χ3n) is 5.40. The standard InChI is InChI=1S/C14H21N3/c1-17-8-12(15)13(16-17)14-5-9-2-10(6-14)4-11(3-9)7-14/h8-11H,2-7,15H2,1H3. The molecule has 4 aliphatic carbocycles. The maximum Gasteiger partial charge on any atom is 0.0915 e. The first-order valence-corrected chi connectivity index (χ1v) is 6.94. The van der Waals surface area contributed by atoms with E-state index in [-0.39, 0.29) is 0 Å². The Bertz CT molecular complexity index is 425. The molecule has 0 aliphatic heterocycles. The molecule has 0 atom stereocenters. The van der Waals surface area contributed by atoms with Crippen LogP contribution in [0, 0.1) is 17.8 Å². The molecule has 1 heterocycles. The molecule has 3 heteroatoms. The smallest absolute Gasteiger partial charge is 0.0915 e. The van der Waals surface area contributed by atoms with Gasteiger partial charge in [0.2, 0.25) is 0 Å². The van der Waals surface area contributed by atoms with Gasteiger partial charge in [-0.05, 0) is 56.3 Å². The van der Waals surface area contributed by atoms with E-state index in [0.29, 0.717) is 5.41 Å². The molecule has 4 fully saturated rings. The highest BCUT2D eigenvalue weighted by Crippen LogP contribution is 2.61. The van der Waals surface area contributed by atoms with Gasteiger partial charge in [0, 0.05) is 18.7 Å². The molecular formula is C14H21N3. The molecule has 0 unspecified atom stereocenters. The molecule has 4 saturated carbocycles. The van der Waals surface area contributed by atoms with E-state index in [4.69, 9.17) is 10.8 Å². The number of hydrogen-bond acceptors (Lipinski definition) is 2. The van der Waals surface area contributed by atoms with Gasteiger partial charge >= 0.3 is 0 Å². The lowest BCUT2D eigenvalue weighted by molar-refractivity contribution is -0.00707. The summed E-state index contributed by atoms with van der Waals surface area (Å²) >= 11 is 0. The van der Waals surface area contributed by atoms with Gasteiger partial charge in [0.1, 0.15) is 0 Å². The summed E-state index contributed by atoms with van der Waals surface area (Å²) in [5.41, 5.74) is 8.67. The monoisotopic (exact) mass is 231 g/mol. The van der Waals surface area contributed by atoms with Crippen LogP contribution in [-0.4, -0.2) is 9.78 Å². The molecule has 17 heavy (non-hydrogen) atoms. The first-order valence-electron chi connectivity index (χ1n) is 6.94. The van der Waals surface area contributed by atoms with E-state index in [1.807, 2.05) is 17.9 Å². The van der Waals surface area contributed by atoms with Crippen molar-refractivity contribution in [2.24, 2.45) is 24.8 Å². The molecule has 0 aromatic carbocycles. The van der Waals surface area contributed by atoms with Crippen molar-refractivity contribution in [1.82, 2.24) is 9.78 Å². The van der Waals surface area contributed by atoms with E-state index in [1.54, 1.807) is 0 Å². The van der Waals surface area contributed by atoms with Crippen LogP contribution in [0.5, 0.6) is 0 Å². The summed E-state index contributed by atoms with van der Waals surface area (Å²) in [6.07, 6.45) is 10.5. The minimum atomic E-state index is 0.347. The van der Waals surface area contributed by atoms with E-state index in [0.717, 1.165) is 23.4 Å². The minimum Gasteiger partial charge on any atom is -0.396 e. The molecule has 0 spiro atoms. The van der Waals surface area contributed by atoms with Gasteiger partial charge in [-0.2, -0.15) is 5.10 Å². The van der Waals surface area contributed by atoms with E-state index in [9.17, 15) is 0 Å². The number of nitrogen functional groups attached to an aromatic ring is 1. The molecule has 1 aromatic rings. The van der Waals surface area contributed by atoms with E-state index in [1.165, 1.54) is 44.2 Å². The zero-order valence-electron chi connectivity index (χ0n) is 10.5. The van der Waals surface area contributed by atoms with Gasteiger partial charge in [0.25, 0.3) is 0 Å².